The number of nitrogens with zero attached hydrogens (tertiary/aromatic N) is 4. The molecule has 2 aromatic heterocycles. The highest BCUT2D eigenvalue weighted by molar-refractivity contribution is 5.97. The Bertz CT molecular complexity index is 986. The first kappa shape index (κ1) is 19.5. The maximum atomic E-state index is 13.5. The Hall–Kier alpha value is -2.86. The lowest BCUT2D eigenvalue weighted by molar-refractivity contribution is 0.0667. The molecule has 1 amide bonds. The van der Waals surface area contributed by atoms with E-state index in [0.717, 1.165) is 35.6 Å². The first-order chi connectivity index (χ1) is 14.0. The van der Waals surface area contributed by atoms with Crippen LogP contribution in [0.1, 0.15) is 52.7 Å². The quantitative estimate of drug-likeness (QED) is 0.722. The van der Waals surface area contributed by atoms with Crippen molar-refractivity contribution < 1.29 is 9.90 Å². The second kappa shape index (κ2) is 7.87. The summed E-state index contributed by atoms with van der Waals surface area (Å²) in [6, 6.07) is 13.8. The first-order valence-electron chi connectivity index (χ1n) is 10.2. The molecule has 1 N–H and O–H groups in total. The van der Waals surface area contributed by atoms with E-state index in [4.69, 9.17) is 0 Å². The highest BCUT2D eigenvalue weighted by Crippen LogP contribution is 2.30. The minimum atomic E-state index is -0.572. The second-order valence-corrected chi connectivity index (χ2v) is 7.91. The summed E-state index contributed by atoms with van der Waals surface area (Å²) in [5.41, 5.74) is 3.64. The van der Waals surface area contributed by atoms with Gasteiger partial charge in [0.25, 0.3) is 5.91 Å². The molecule has 1 saturated heterocycles. The molecule has 0 saturated carbocycles. The smallest absolute Gasteiger partial charge is 0.259 e. The Morgan fingerprint density at radius 2 is 1.86 bits per heavy atom. The monoisotopic (exact) mass is 392 g/mol. The molecule has 1 aromatic carbocycles. The van der Waals surface area contributed by atoms with E-state index >= 15 is 0 Å². The Kier molecular flexibility index (Phi) is 5.28. The van der Waals surface area contributed by atoms with Gasteiger partial charge in [-0.1, -0.05) is 30.3 Å². The van der Waals surface area contributed by atoms with Gasteiger partial charge in [-0.05, 0) is 50.8 Å². The van der Waals surface area contributed by atoms with Crippen LogP contribution in [0.2, 0.25) is 0 Å². The van der Waals surface area contributed by atoms with Crippen molar-refractivity contribution in [3.05, 3.63) is 71.2 Å². The van der Waals surface area contributed by atoms with Crippen molar-refractivity contribution in [1.29, 1.82) is 0 Å². The highest BCUT2D eigenvalue weighted by atomic mass is 16.3. The molecule has 0 aliphatic carbocycles. The Morgan fingerprint density at radius 3 is 2.55 bits per heavy atom. The number of hydrogen-bond donors (Lipinski definition) is 1. The van der Waals surface area contributed by atoms with Crippen molar-refractivity contribution in [2.75, 3.05) is 6.54 Å². The molecule has 152 valence electrons. The van der Waals surface area contributed by atoms with Gasteiger partial charge < -0.3 is 14.6 Å². The SMILES string of the molecule is Cc1ccc(C)n1-c1c(C(=O)N2CCCC2CC(O)c2ccccc2)cnn1C. The van der Waals surface area contributed by atoms with Crippen molar-refractivity contribution in [1.82, 2.24) is 19.2 Å². The fourth-order valence-electron chi connectivity index (χ4n) is 4.42. The molecule has 29 heavy (non-hydrogen) atoms. The topological polar surface area (TPSA) is 63.3 Å². The Labute approximate surface area is 171 Å². The van der Waals surface area contributed by atoms with Crippen molar-refractivity contribution in [2.24, 2.45) is 7.05 Å². The number of hydrogen-bond acceptors (Lipinski definition) is 3. The van der Waals surface area contributed by atoms with Gasteiger partial charge in [-0.2, -0.15) is 5.10 Å². The molecule has 3 aromatic rings. The van der Waals surface area contributed by atoms with Gasteiger partial charge in [-0.25, -0.2) is 0 Å². The standard InChI is InChI=1S/C23H28N4O2/c1-16-11-12-17(2)27(16)22-20(15-24-25(22)3)23(29)26-13-7-10-19(26)14-21(28)18-8-5-4-6-9-18/h4-6,8-9,11-12,15,19,21,28H,7,10,13-14H2,1-3H3. The highest BCUT2D eigenvalue weighted by Gasteiger charge is 2.33. The summed E-state index contributed by atoms with van der Waals surface area (Å²) in [7, 11) is 1.87. The van der Waals surface area contributed by atoms with Crippen molar-refractivity contribution in [2.45, 2.75) is 45.3 Å². The molecule has 0 radical (unpaired) electrons. The van der Waals surface area contributed by atoms with Crippen LogP contribution >= 0.6 is 0 Å². The molecule has 2 atom stereocenters. The van der Waals surface area contributed by atoms with E-state index < -0.39 is 6.10 Å². The van der Waals surface area contributed by atoms with Crippen LogP contribution in [0.3, 0.4) is 0 Å². The molecule has 0 spiro atoms. The molecule has 1 aliphatic rings. The molecular formula is C23H28N4O2. The average molecular weight is 393 g/mol. The van der Waals surface area contributed by atoms with Gasteiger partial charge in [0, 0.05) is 31.0 Å². The van der Waals surface area contributed by atoms with E-state index in [1.807, 2.05) is 68.3 Å². The number of rotatable bonds is 5. The molecule has 6 nitrogen and oxygen atoms in total. The largest absolute Gasteiger partial charge is 0.388 e. The Morgan fingerprint density at radius 1 is 1.17 bits per heavy atom. The van der Waals surface area contributed by atoms with Gasteiger partial charge in [0.2, 0.25) is 0 Å². The number of likely N-dealkylation sites (tertiary alicyclic amines) is 1. The molecule has 2 unspecified atom stereocenters. The van der Waals surface area contributed by atoms with Crippen LogP contribution in [-0.4, -0.2) is 42.8 Å². The van der Waals surface area contributed by atoms with Gasteiger partial charge in [0.1, 0.15) is 11.4 Å². The average Bonchev–Trinajstić information content (AvgIpc) is 3.41. The summed E-state index contributed by atoms with van der Waals surface area (Å²) >= 11 is 0. The number of aliphatic hydroxyl groups is 1. The third-order valence-corrected chi connectivity index (χ3v) is 5.94. The first-order valence-corrected chi connectivity index (χ1v) is 10.2. The fourth-order valence-corrected chi connectivity index (χ4v) is 4.42. The molecule has 3 heterocycles. The minimum absolute atomic E-state index is 0.0108. The number of aromatic nitrogens is 3. The van der Waals surface area contributed by atoms with Crippen LogP contribution in [-0.2, 0) is 7.05 Å². The third-order valence-electron chi connectivity index (χ3n) is 5.94. The normalized spacial score (nSPS) is 17.7. The molecule has 1 fully saturated rings. The number of amides is 1. The van der Waals surface area contributed by atoms with E-state index in [9.17, 15) is 9.90 Å². The van der Waals surface area contributed by atoms with Gasteiger partial charge in [0.15, 0.2) is 0 Å². The second-order valence-electron chi connectivity index (χ2n) is 7.91. The van der Waals surface area contributed by atoms with E-state index in [0.29, 0.717) is 18.5 Å². The lowest BCUT2D eigenvalue weighted by Gasteiger charge is -2.27. The van der Waals surface area contributed by atoms with Gasteiger partial charge >= 0.3 is 0 Å². The summed E-state index contributed by atoms with van der Waals surface area (Å²) < 4.78 is 3.83. The third kappa shape index (κ3) is 3.60. The summed E-state index contributed by atoms with van der Waals surface area (Å²) in [5.74, 6) is 0.785. The maximum Gasteiger partial charge on any atom is 0.259 e. The molecule has 6 heteroatoms. The zero-order valence-electron chi connectivity index (χ0n) is 17.2. The van der Waals surface area contributed by atoms with E-state index in [1.54, 1.807) is 10.9 Å². The predicted octanol–water partition coefficient (Wildman–Crippen LogP) is 3.56. The molecular weight excluding hydrogens is 364 g/mol. The lowest BCUT2D eigenvalue weighted by Crippen LogP contribution is -2.37. The van der Waals surface area contributed by atoms with Crippen molar-refractivity contribution >= 4 is 5.91 Å². The summed E-state index contributed by atoms with van der Waals surface area (Å²) in [6.07, 6.45) is 3.51. The number of carbonyl (C=O) groups excluding carboxylic acids is 1. The lowest BCUT2D eigenvalue weighted by atomic mass is 10.0. The zero-order valence-corrected chi connectivity index (χ0v) is 17.2. The van der Waals surface area contributed by atoms with E-state index in [1.165, 1.54) is 0 Å². The van der Waals surface area contributed by atoms with Crippen LogP contribution in [0.4, 0.5) is 0 Å². The predicted molar refractivity (Wildman–Crippen MR) is 112 cm³/mol. The summed E-state index contributed by atoms with van der Waals surface area (Å²) in [5, 5.41) is 15.1. The van der Waals surface area contributed by atoms with Crippen LogP contribution < -0.4 is 0 Å². The Balaban J connectivity index is 1.60. The fraction of sp³-hybridized carbons (Fsp3) is 0.391. The van der Waals surface area contributed by atoms with Crippen LogP contribution in [0.15, 0.2) is 48.7 Å². The molecule has 4 rings (SSSR count). The van der Waals surface area contributed by atoms with Crippen LogP contribution in [0.25, 0.3) is 5.82 Å². The molecule has 1 aliphatic heterocycles. The van der Waals surface area contributed by atoms with Crippen LogP contribution in [0.5, 0.6) is 0 Å². The van der Waals surface area contributed by atoms with Gasteiger partial charge in [-0.15, -0.1) is 0 Å². The van der Waals surface area contributed by atoms with Gasteiger partial charge in [-0.3, -0.25) is 9.48 Å². The van der Waals surface area contributed by atoms with Crippen molar-refractivity contribution in [3.63, 3.8) is 0 Å². The maximum absolute atomic E-state index is 13.5. The van der Waals surface area contributed by atoms with E-state index in [-0.39, 0.29) is 11.9 Å². The summed E-state index contributed by atoms with van der Waals surface area (Å²) in [4.78, 5) is 15.4. The van der Waals surface area contributed by atoms with Gasteiger partial charge in [0.05, 0.1) is 12.3 Å². The number of aliphatic hydroxyl groups excluding tert-OH is 1. The van der Waals surface area contributed by atoms with E-state index in [2.05, 4.69) is 9.67 Å². The van der Waals surface area contributed by atoms with Crippen molar-refractivity contribution in [3.8, 4) is 5.82 Å². The van der Waals surface area contributed by atoms with Crippen LogP contribution in [0, 0.1) is 13.8 Å². The number of benzene rings is 1. The molecule has 0 bridgehead atoms. The minimum Gasteiger partial charge on any atom is -0.388 e. The number of carbonyl (C=O) groups is 1. The summed E-state index contributed by atoms with van der Waals surface area (Å²) in [6.45, 7) is 4.77. The number of aryl methyl sites for hydroxylation is 3. The zero-order chi connectivity index (χ0) is 20.5.